The summed E-state index contributed by atoms with van der Waals surface area (Å²) in [5.41, 5.74) is 0.972. The molecule has 2 amide bonds. The van der Waals surface area contributed by atoms with Gasteiger partial charge in [-0.1, -0.05) is 30.3 Å². The van der Waals surface area contributed by atoms with E-state index in [0.717, 1.165) is 11.3 Å². The molecule has 0 radical (unpaired) electrons. The van der Waals surface area contributed by atoms with Crippen LogP contribution in [0.5, 0.6) is 11.5 Å². The van der Waals surface area contributed by atoms with Crippen LogP contribution >= 0.6 is 0 Å². The number of hydrogen-bond donors (Lipinski definition) is 0. The number of hydrogen-bond acceptors (Lipinski definition) is 6. The van der Waals surface area contributed by atoms with E-state index in [1.54, 1.807) is 50.5 Å². The van der Waals surface area contributed by atoms with E-state index in [9.17, 15) is 9.59 Å². The van der Waals surface area contributed by atoms with Crippen molar-refractivity contribution in [2.24, 2.45) is 5.41 Å². The van der Waals surface area contributed by atoms with Gasteiger partial charge in [-0.15, -0.1) is 0 Å². The van der Waals surface area contributed by atoms with Crippen molar-refractivity contribution < 1.29 is 23.9 Å². The first-order valence-corrected chi connectivity index (χ1v) is 10.7. The molecule has 2 aliphatic rings. The Kier molecular flexibility index (Phi) is 5.06. The van der Waals surface area contributed by atoms with Gasteiger partial charge in [0.2, 0.25) is 5.91 Å². The van der Waals surface area contributed by atoms with E-state index in [2.05, 4.69) is 0 Å². The van der Waals surface area contributed by atoms with Gasteiger partial charge in [0, 0.05) is 0 Å². The van der Waals surface area contributed by atoms with Crippen LogP contribution in [0.3, 0.4) is 0 Å². The molecule has 33 heavy (non-hydrogen) atoms. The Morgan fingerprint density at radius 3 is 1.94 bits per heavy atom. The van der Waals surface area contributed by atoms with Crippen molar-refractivity contribution in [3.8, 4) is 11.5 Å². The monoisotopic (exact) mass is 444 g/mol. The number of para-hydroxylation sites is 1. The second-order valence-corrected chi connectivity index (χ2v) is 8.28. The molecule has 3 aromatic rings. The van der Waals surface area contributed by atoms with E-state index in [4.69, 9.17) is 14.3 Å². The average molecular weight is 444 g/mol. The van der Waals surface area contributed by atoms with Gasteiger partial charge in [-0.3, -0.25) is 14.4 Å². The fraction of sp³-hybridized carbons (Fsp3) is 0.231. The van der Waals surface area contributed by atoms with Crippen LogP contribution < -0.4 is 19.4 Å². The quantitative estimate of drug-likeness (QED) is 0.551. The molecule has 2 aliphatic heterocycles. The Bertz CT molecular complexity index is 1180. The molecule has 0 unspecified atom stereocenters. The van der Waals surface area contributed by atoms with Gasteiger partial charge >= 0.3 is 0 Å². The van der Waals surface area contributed by atoms with E-state index in [0.29, 0.717) is 17.2 Å². The van der Waals surface area contributed by atoms with E-state index in [1.165, 1.54) is 4.90 Å². The molecule has 0 spiro atoms. The van der Waals surface area contributed by atoms with Crippen LogP contribution in [0, 0.1) is 5.41 Å². The first-order valence-electron chi connectivity index (χ1n) is 10.7. The van der Waals surface area contributed by atoms with Crippen LogP contribution in [-0.2, 0) is 14.4 Å². The maximum absolute atomic E-state index is 13.9. The third-order valence-electron chi connectivity index (χ3n) is 6.45. The van der Waals surface area contributed by atoms with Crippen molar-refractivity contribution in [2.45, 2.75) is 19.1 Å². The van der Waals surface area contributed by atoms with Crippen molar-refractivity contribution in [1.82, 2.24) is 0 Å². The molecule has 2 fully saturated rings. The number of ether oxygens (including phenoxy) is 2. The van der Waals surface area contributed by atoms with Crippen molar-refractivity contribution in [3.05, 3.63) is 84.4 Å². The molecule has 2 heterocycles. The normalized spacial score (nSPS) is 24.2. The number of methoxy groups -OCH3 is 2. The lowest BCUT2D eigenvalue weighted by Gasteiger charge is -2.32. The molecular formula is C26H24N2O5. The van der Waals surface area contributed by atoms with E-state index >= 15 is 0 Å². The van der Waals surface area contributed by atoms with E-state index < -0.39 is 17.6 Å². The third kappa shape index (κ3) is 3.15. The molecule has 0 saturated carbocycles. The summed E-state index contributed by atoms with van der Waals surface area (Å²) in [6, 6.07) is 23.3. The molecule has 3 atom stereocenters. The molecule has 5 rings (SSSR count). The number of carbonyl (C=O) groups is 2. The Balaban J connectivity index is 1.60. The highest BCUT2D eigenvalue weighted by molar-refractivity contribution is 6.25. The minimum absolute atomic E-state index is 0.304. The Morgan fingerprint density at radius 1 is 0.788 bits per heavy atom. The zero-order valence-corrected chi connectivity index (χ0v) is 18.6. The van der Waals surface area contributed by atoms with Crippen LogP contribution in [0.4, 0.5) is 11.4 Å². The van der Waals surface area contributed by atoms with Crippen LogP contribution in [0.15, 0.2) is 78.9 Å². The van der Waals surface area contributed by atoms with Gasteiger partial charge in [0.15, 0.2) is 6.10 Å². The first-order chi connectivity index (χ1) is 16.0. The molecule has 7 nitrogen and oxygen atoms in total. The van der Waals surface area contributed by atoms with Crippen molar-refractivity contribution in [3.63, 3.8) is 0 Å². The van der Waals surface area contributed by atoms with Crippen LogP contribution in [0.2, 0.25) is 0 Å². The Labute approximate surface area is 192 Å². The molecule has 0 aromatic heterocycles. The largest absolute Gasteiger partial charge is 0.497 e. The summed E-state index contributed by atoms with van der Waals surface area (Å²) in [4.78, 5) is 34.9. The van der Waals surface area contributed by atoms with Crippen LogP contribution in [0.1, 0.15) is 18.5 Å². The maximum atomic E-state index is 13.9. The molecule has 3 aromatic carbocycles. The summed E-state index contributed by atoms with van der Waals surface area (Å²) in [6.45, 7) is 1.80. The van der Waals surface area contributed by atoms with Gasteiger partial charge in [0.05, 0.1) is 31.6 Å². The first kappa shape index (κ1) is 21.0. The number of imide groups is 1. The SMILES string of the molecule is COc1ccc([C@@H]2N(c3ccccc3)O[C@H]3C(=O)N(c4ccc(OC)cc4)C(=O)[C@@]23C)cc1. The summed E-state index contributed by atoms with van der Waals surface area (Å²) in [5.74, 6) is 0.665. The average Bonchev–Trinajstić information content (AvgIpc) is 3.28. The van der Waals surface area contributed by atoms with E-state index in [1.807, 2.05) is 54.6 Å². The van der Waals surface area contributed by atoms with Gasteiger partial charge in [-0.05, 0) is 61.0 Å². The second kappa shape index (κ2) is 7.94. The molecule has 0 N–H and O–H groups in total. The van der Waals surface area contributed by atoms with Gasteiger partial charge in [0.1, 0.15) is 16.9 Å². The van der Waals surface area contributed by atoms with Gasteiger partial charge in [-0.25, -0.2) is 9.96 Å². The zero-order chi connectivity index (χ0) is 23.2. The molecule has 168 valence electrons. The lowest BCUT2D eigenvalue weighted by molar-refractivity contribution is -0.128. The molecular weight excluding hydrogens is 420 g/mol. The fourth-order valence-corrected chi connectivity index (χ4v) is 4.69. The summed E-state index contributed by atoms with van der Waals surface area (Å²) < 4.78 is 10.5. The smallest absolute Gasteiger partial charge is 0.266 e. The fourth-order valence-electron chi connectivity index (χ4n) is 4.69. The number of amides is 2. The third-order valence-corrected chi connectivity index (χ3v) is 6.45. The van der Waals surface area contributed by atoms with Crippen LogP contribution in [-0.4, -0.2) is 32.1 Å². The molecule has 0 aliphatic carbocycles. The van der Waals surface area contributed by atoms with Crippen molar-refractivity contribution in [2.75, 3.05) is 24.2 Å². The van der Waals surface area contributed by atoms with Crippen molar-refractivity contribution >= 4 is 23.2 Å². The molecule has 7 heteroatoms. The number of nitrogens with zero attached hydrogens (tertiary/aromatic N) is 2. The minimum Gasteiger partial charge on any atom is -0.497 e. The number of rotatable bonds is 5. The lowest BCUT2D eigenvalue weighted by Crippen LogP contribution is -2.41. The van der Waals surface area contributed by atoms with Gasteiger partial charge in [-0.2, -0.15) is 0 Å². The predicted octanol–water partition coefficient (Wildman–Crippen LogP) is 4.15. The topological polar surface area (TPSA) is 68.3 Å². The maximum Gasteiger partial charge on any atom is 0.266 e. The highest BCUT2D eigenvalue weighted by Crippen LogP contribution is 2.55. The number of fused-ring (bicyclic) bond motifs is 1. The second-order valence-electron chi connectivity index (χ2n) is 8.28. The minimum atomic E-state index is -1.14. The van der Waals surface area contributed by atoms with E-state index in [-0.39, 0.29) is 11.8 Å². The summed E-state index contributed by atoms with van der Waals surface area (Å²) in [7, 11) is 3.17. The number of anilines is 2. The van der Waals surface area contributed by atoms with Gasteiger partial charge in [0.25, 0.3) is 5.91 Å². The van der Waals surface area contributed by atoms with Crippen molar-refractivity contribution in [1.29, 1.82) is 0 Å². The van der Waals surface area contributed by atoms with Crippen LogP contribution in [0.25, 0.3) is 0 Å². The van der Waals surface area contributed by atoms with Gasteiger partial charge < -0.3 is 9.47 Å². The summed E-state index contributed by atoms with van der Waals surface area (Å²) >= 11 is 0. The molecule has 2 saturated heterocycles. The predicted molar refractivity (Wildman–Crippen MR) is 123 cm³/mol. The highest BCUT2D eigenvalue weighted by Gasteiger charge is 2.68. The Morgan fingerprint density at radius 2 is 1.36 bits per heavy atom. The number of carbonyl (C=O) groups excluding carboxylic acids is 2. The summed E-state index contributed by atoms with van der Waals surface area (Å²) in [6.07, 6.45) is -0.959. The number of benzene rings is 3. The standard InChI is InChI=1S/C26H24N2O5/c1-26-22(17-9-13-20(31-2)14-10-17)28(19-7-5-4-6-8-19)33-23(26)24(29)27(25(26)30)18-11-15-21(32-3)16-12-18/h4-16,22-23H,1-3H3/t22-,23-,26-/m0/s1. The summed E-state index contributed by atoms with van der Waals surface area (Å²) in [5, 5.41) is 1.69. The number of hydroxylamine groups is 1. The molecule has 0 bridgehead atoms. The zero-order valence-electron chi connectivity index (χ0n) is 18.6. The highest BCUT2D eigenvalue weighted by atomic mass is 16.7. The Hall–Kier alpha value is -3.84. The lowest BCUT2D eigenvalue weighted by atomic mass is 9.76.